The molecule has 1 aliphatic heterocycles. The zero-order valence-electron chi connectivity index (χ0n) is 12.6. The summed E-state index contributed by atoms with van der Waals surface area (Å²) in [6.07, 6.45) is 0. The van der Waals surface area contributed by atoms with E-state index in [1.165, 1.54) is 0 Å². The number of phenolic OH excluding ortho intramolecular Hbond substituents is 1. The first-order chi connectivity index (χ1) is 9.47. The average molecular weight is 276 g/mol. The lowest BCUT2D eigenvalue weighted by Crippen LogP contribution is -2.49. The molecule has 0 saturated carbocycles. The predicted molar refractivity (Wildman–Crippen MR) is 80.0 cm³/mol. The predicted octanol–water partition coefficient (Wildman–Crippen LogP) is 2.11. The second kappa shape index (κ2) is 6.27. The molecular weight excluding hydrogens is 252 g/mol. The van der Waals surface area contributed by atoms with E-state index in [1.54, 1.807) is 18.2 Å². The van der Waals surface area contributed by atoms with Gasteiger partial charge in [-0.2, -0.15) is 0 Å². The van der Waals surface area contributed by atoms with Crippen LogP contribution in [-0.4, -0.2) is 53.5 Å². The number of hydrogen-bond donors (Lipinski definition) is 1. The van der Waals surface area contributed by atoms with Crippen LogP contribution < -0.4 is 0 Å². The molecule has 4 heteroatoms. The number of benzene rings is 1. The molecule has 1 N–H and O–H groups in total. The first-order valence-electron chi connectivity index (χ1n) is 7.28. The van der Waals surface area contributed by atoms with Gasteiger partial charge in [-0.05, 0) is 36.6 Å². The van der Waals surface area contributed by atoms with Crippen molar-refractivity contribution in [3.63, 3.8) is 0 Å². The monoisotopic (exact) mass is 276 g/mol. The van der Waals surface area contributed by atoms with E-state index >= 15 is 0 Å². The van der Waals surface area contributed by atoms with Crippen molar-refractivity contribution in [3.8, 4) is 5.75 Å². The van der Waals surface area contributed by atoms with E-state index in [0.29, 0.717) is 11.5 Å². The van der Waals surface area contributed by atoms with Crippen LogP contribution in [0, 0.1) is 12.8 Å². The smallest absolute Gasteiger partial charge is 0.253 e. The molecule has 4 nitrogen and oxygen atoms in total. The SMILES string of the molecule is Cc1cc(C(=O)N2CCN(CC(C)C)CC2)ccc1O. The molecule has 110 valence electrons. The van der Waals surface area contributed by atoms with Crippen molar-refractivity contribution >= 4 is 5.91 Å². The summed E-state index contributed by atoms with van der Waals surface area (Å²) < 4.78 is 0. The number of phenols is 1. The van der Waals surface area contributed by atoms with Crippen LogP contribution in [0.5, 0.6) is 5.75 Å². The van der Waals surface area contributed by atoms with Crippen LogP contribution in [0.1, 0.15) is 29.8 Å². The molecule has 1 saturated heterocycles. The zero-order chi connectivity index (χ0) is 14.7. The second-order valence-electron chi connectivity index (χ2n) is 5.99. The van der Waals surface area contributed by atoms with Crippen LogP contribution in [0.15, 0.2) is 18.2 Å². The van der Waals surface area contributed by atoms with Crippen molar-refractivity contribution in [2.75, 3.05) is 32.7 Å². The third-order valence-electron chi connectivity index (χ3n) is 3.73. The molecule has 0 unspecified atom stereocenters. The second-order valence-corrected chi connectivity index (χ2v) is 5.99. The molecule has 0 radical (unpaired) electrons. The highest BCUT2D eigenvalue weighted by molar-refractivity contribution is 5.94. The van der Waals surface area contributed by atoms with Crippen LogP contribution in [0.3, 0.4) is 0 Å². The summed E-state index contributed by atoms with van der Waals surface area (Å²) in [5, 5.41) is 9.52. The molecule has 1 aromatic carbocycles. The molecule has 0 aliphatic carbocycles. The number of amides is 1. The molecule has 2 rings (SSSR count). The lowest BCUT2D eigenvalue weighted by Gasteiger charge is -2.35. The summed E-state index contributed by atoms with van der Waals surface area (Å²) in [4.78, 5) is 16.7. The lowest BCUT2D eigenvalue weighted by molar-refractivity contribution is 0.0623. The van der Waals surface area contributed by atoms with Gasteiger partial charge in [-0.3, -0.25) is 9.69 Å². The number of rotatable bonds is 3. The Balaban J connectivity index is 1.96. The molecule has 0 aromatic heterocycles. The Kier molecular flexibility index (Phi) is 4.65. The Hall–Kier alpha value is -1.55. The Morgan fingerprint density at radius 1 is 1.25 bits per heavy atom. The van der Waals surface area contributed by atoms with Crippen molar-refractivity contribution in [3.05, 3.63) is 29.3 Å². The topological polar surface area (TPSA) is 43.8 Å². The molecule has 0 atom stereocenters. The van der Waals surface area contributed by atoms with Gasteiger partial charge in [0.15, 0.2) is 0 Å². The summed E-state index contributed by atoms with van der Waals surface area (Å²) in [5.74, 6) is 0.970. The van der Waals surface area contributed by atoms with Gasteiger partial charge in [0, 0.05) is 38.3 Å². The maximum atomic E-state index is 12.4. The van der Waals surface area contributed by atoms with Crippen molar-refractivity contribution < 1.29 is 9.90 Å². The lowest BCUT2D eigenvalue weighted by atomic mass is 10.1. The molecule has 0 spiro atoms. The van der Waals surface area contributed by atoms with Gasteiger partial charge in [0.25, 0.3) is 5.91 Å². The number of hydrogen-bond acceptors (Lipinski definition) is 3. The summed E-state index contributed by atoms with van der Waals surface area (Å²) in [7, 11) is 0. The van der Waals surface area contributed by atoms with Gasteiger partial charge in [-0.15, -0.1) is 0 Å². The van der Waals surface area contributed by atoms with Crippen LogP contribution in [-0.2, 0) is 0 Å². The molecule has 0 bridgehead atoms. The standard InChI is InChI=1S/C16H24N2O2/c1-12(2)11-17-6-8-18(9-7-17)16(20)14-4-5-15(19)13(3)10-14/h4-5,10,12,19H,6-9,11H2,1-3H3. The highest BCUT2D eigenvalue weighted by Crippen LogP contribution is 2.18. The zero-order valence-corrected chi connectivity index (χ0v) is 12.6. The van der Waals surface area contributed by atoms with E-state index in [0.717, 1.165) is 38.3 Å². The number of carbonyl (C=O) groups excluding carboxylic acids is 1. The van der Waals surface area contributed by atoms with Crippen LogP contribution >= 0.6 is 0 Å². The van der Waals surface area contributed by atoms with Crippen LogP contribution in [0.4, 0.5) is 0 Å². The highest BCUT2D eigenvalue weighted by Gasteiger charge is 2.22. The van der Waals surface area contributed by atoms with E-state index in [9.17, 15) is 9.90 Å². The third kappa shape index (κ3) is 3.51. The van der Waals surface area contributed by atoms with E-state index in [2.05, 4.69) is 18.7 Å². The fraction of sp³-hybridized carbons (Fsp3) is 0.562. The van der Waals surface area contributed by atoms with Crippen LogP contribution in [0.2, 0.25) is 0 Å². The summed E-state index contributed by atoms with van der Waals surface area (Å²) in [5.41, 5.74) is 1.41. The number of carbonyl (C=O) groups is 1. The summed E-state index contributed by atoms with van der Waals surface area (Å²) in [6, 6.07) is 5.06. The first-order valence-corrected chi connectivity index (χ1v) is 7.28. The minimum atomic E-state index is 0.0669. The van der Waals surface area contributed by atoms with Gasteiger partial charge in [-0.1, -0.05) is 13.8 Å². The first kappa shape index (κ1) is 14.9. The molecule has 20 heavy (non-hydrogen) atoms. The Labute approximate surface area is 121 Å². The van der Waals surface area contributed by atoms with E-state index in [4.69, 9.17) is 0 Å². The van der Waals surface area contributed by atoms with Crippen molar-refractivity contribution in [2.24, 2.45) is 5.92 Å². The van der Waals surface area contributed by atoms with Gasteiger partial charge in [0.2, 0.25) is 0 Å². The average Bonchev–Trinajstić information content (AvgIpc) is 2.41. The fourth-order valence-corrected chi connectivity index (χ4v) is 2.62. The molecule has 1 amide bonds. The molecule has 1 aliphatic rings. The molecule has 1 fully saturated rings. The van der Waals surface area contributed by atoms with Gasteiger partial charge in [-0.25, -0.2) is 0 Å². The summed E-state index contributed by atoms with van der Waals surface area (Å²) in [6.45, 7) is 10.8. The molecule has 1 heterocycles. The van der Waals surface area contributed by atoms with E-state index in [1.807, 2.05) is 11.8 Å². The summed E-state index contributed by atoms with van der Waals surface area (Å²) >= 11 is 0. The molecule has 1 aromatic rings. The minimum Gasteiger partial charge on any atom is -0.508 e. The van der Waals surface area contributed by atoms with Gasteiger partial charge < -0.3 is 10.0 Å². The third-order valence-corrected chi connectivity index (χ3v) is 3.73. The van der Waals surface area contributed by atoms with Crippen molar-refractivity contribution in [1.82, 2.24) is 9.80 Å². The fourth-order valence-electron chi connectivity index (χ4n) is 2.62. The van der Waals surface area contributed by atoms with Crippen molar-refractivity contribution in [1.29, 1.82) is 0 Å². The largest absolute Gasteiger partial charge is 0.508 e. The number of piperazine rings is 1. The number of nitrogens with zero attached hydrogens (tertiary/aromatic N) is 2. The minimum absolute atomic E-state index is 0.0669. The quantitative estimate of drug-likeness (QED) is 0.919. The maximum Gasteiger partial charge on any atom is 0.253 e. The van der Waals surface area contributed by atoms with Crippen LogP contribution in [0.25, 0.3) is 0 Å². The van der Waals surface area contributed by atoms with Gasteiger partial charge in [0.05, 0.1) is 0 Å². The number of aromatic hydroxyl groups is 1. The Morgan fingerprint density at radius 3 is 2.45 bits per heavy atom. The highest BCUT2D eigenvalue weighted by atomic mass is 16.3. The van der Waals surface area contributed by atoms with Gasteiger partial charge >= 0.3 is 0 Å². The van der Waals surface area contributed by atoms with Crippen molar-refractivity contribution in [2.45, 2.75) is 20.8 Å². The van der Waals surface area contributed by atoms with E-state index in [-0.39, 0.29) is 11.7 Å². The Bertz CT molecular complexity index is 477. The molecular formula is C16H24N2O2. The van der Waals surface area contributed by atoms with Gasteiger partial charge in [0.1, 0.15) is 5.75 Å². The Morgan fingerprint density at radius 2 is 1.90 bits per heavy atom. The maximum absolute atomic E-state index is 12.4. The normalized spacial score (nSPS) is 16.7. The van der Waals surface area contributed by atoms with E-state index < -0.39 is 0 Å². The number of aryl methyl sites for hydroxylation is 1.